The highest BCUT2D eigenvalue weighted by atomic mass is 19.1. The third-order valence-electron chi connectivity index (χ3n) is 2.74. The Bertz CT molecular complexity index is 562. The molecule has 2 aromatic carbocycles. The number of phenols is 1. The molecule has 0 heterocycles. The van der Waals surface area contributed by atoms with Crippen molar-refractivity contribution >= 4 is 5.69 Å². The molecule has 0 aliphatic carbocycles. The SMILES string of the molecule is CCOc1ccc(NCc2cc(F)c(O)c(F)c2)cc1. The van der Waals surface area contributed by atoms with Gasteiger partial charge in [-0.05, 0) is 48.9 Å². The van der Waals surface area contributed by atoms with E-state index in [2.05, 4.69) is 5.32 Å². The number of hydrogen-bond donors (Lipinski definition) is 2. The molecule has 2 N–H and O–H groups in total. The van der Waals surface area contributed by atoms with Crippen molar-refractivity contribution in [2.24, 2.45) is 0 Å². The van der Waals surface area contributed by atoms with Crippen molar-refractivity contribution in [2.75, 3.05) is 11.9 Å². The first-order valence-corrected chi connectivity index (χ1v) is 6.23. The van der Waals surface area contributed by atoms with Gasteiger partial charge >= 0.3 is 0 Å². The van der Waals surface area contributed by atoms with E-state index in [1.165, 1.54) is 0 Å². The van der Waals surface area contributed by atoms with Crippen LogP contribution >= 0.6 is 0 Å². The summed E-state index contributed by atoms with van der Waals surface area (Å²) in [6.45, 7) is 2.75. The van der Waals surface area contributed by atoms with Gasteiger partial charge in [-0.3, -0.25) is 0 Å². The van der Waals surface area contributed by atoms with Crippen LogP contribution in [0.4, 0.5) is 14.5 Å². The zero-order valence-electron chi connectivity index (χ0n) is 11.0. The van der Waals surface area contributed by atoms with E-state index in [0.717, 1.165) is 23.6 Å². The second kappa shape index (κ2) is 6.23. The third kappa shape index (κ3) is 3.38. The molecule has 2 rings (SSSR count). The fourth-order valence-electron chi connectivity index (χ4n) is 1.76. The van der Waals surface area contributed by atoms with E-state index < -0.39 is 17.4 Å². The molecule has 0 bridgehead atoms. The first kappa shape index (κ1) is 14.1. The van der Waals surface area contributed by atoms with Crippen LogP contribution in [0, 0.1) is 11.6 Å². The van der Waals surface area contributed by atoms with Crippen molar-refractivity contribution in [3.63, 3.8) is 0 Å². The van der Waals surface area contributed by atoms with Crippen molar-refractivity contribution in [2.45, 2.75) is 13.5 Å². The third-order valence-corrected chi connectivity index (χ3v) is 2.74. The number of benzene rings is 2. The molecule has 0 amide bonds. The van der Waals surface area contributed by atoms with Crippen molar-refractivity contribution < 1.29 is 18.6 Å². The number of nitrogens with one attached hydrogen (secondary N) is 1. The number of rotatable bonds is 5. The van der Waals surface area contributed by atoms with Gasteiger partial charge in [-0.15, -0.1) is 0 Å². The molecular weight excluding hydrogens is 264 g/mol. The van der Waals surface area contributed by atoms with E-state index in [1.807, 2.05) is 31.2 Å². The largest absolute Gasteiger partial charge is 0.503 e. The minimum atomic E-state index is -0.964. The molecule has 0 aliphatic heterocycles. The molecule has 0 unspecified atom stereocenters. The number of ether oxygens (including phenoxy) is 1. The van der Waals surface area contributed by atoms with Gasteiger partial charge in [-0.25, -0.2) is 8.78 Å². The number of hydrogen-bond acceptors (Lipinski definition) is 3. The Balaban J connectivity index is 2.01. The topological polar surface area (TPSA) is 41.5 Å². The quantitative estimate of drug-likeness (QED) is 0.877. The van der Waals surface area contributed by atoms with Crippen molar-refractivity contribution in [1.82, 2.24) is 0 Å². The summed E-state index contributed by atoms with van der Waals surface area (Å²) in [5.41, 5.74) is 1.22. The minimum Gasteiger partial charge on any atom is -0.503 e. The standard InChI is InChI=1S/C15H15F2NO2/c1-2-20-12-5-3-11(4-6-12)18-9-10-7-13(16)15(19)14(17)8-10/h3-8,18-19H,2,9H2,1H3. The molecule has 0 aromatic heterocycles. The van der Waals surface area contributed by atoms with Gasteiger partial charge in [0, 0.05) is 12.2 Å². The molecule has 106 valence electrons. The van der Waals surface area contributed by atoms with E-state index >= 15 is 0 Å². The predicted octanol–water partition coefficient (Wildman–Crippen LogP) is 3.68. The normalized spacial score (nSPS) is 10.3. The molecule has 0 aliphatic rings. The first-order chi connectivity index (χ1) is 9.60. The fourth-order valence-corrected chi connectivity index (χ4v) is 1.76. The van der Waals surface area contributed by atoms with Crippen LogP contribution in [-0.4, -0.2) is 11.7 Å². The molecule has 2 aromatic rings. The molecule has 0 saturated carbocycles. The highest BCUT2D eigenvalue weighted by molar-refractivity contribution is 5.47. The summed E-state index contributed by atoms with van der Waals surface area (Å²) < 4.78 is 31.7. The molecular formula is C15H15F2NO2. The lowest BCUT2D eigenvalue weighted by Crippen LogP contribution is -2.01. The Morgan fingerprint density at radius 2 is 1.70 bits per heavy atom. The summed E-state index contributed by atoms with van der Waals surface area (Å²) in [7, 11) is 0. The summed E-state index contributed by atoms with van der Waals surface area (Å²) in [5.74, 6) is -2.11. The van der Waals surface area contributed by atoms with Crippen molar-refractivity contribution in [3.05, 3.63) is 53.6 Å². The van der Waals surface area contributed by atoms with Gasteiger partial charge in [0.2, 0.25) is 0 Å². The molecule has 20 heavy (non-hydrogen) atoms. The van der Waals surface area contributed by atoms with Gasteiger partial charge in [0.05, 0.1) is 6.61 Å². The molecule has 3 nitrogen and oxygen atoms in total. The maximum atomic E-state index is 13.2. The van der Waals surface area contributed by atoms with Crippen LogP contribution in [0.25, 0.3) is 0 Å². The van der Waals surface area contributed by atoms with Crippen molar-refractivity contribution in [3.8, 4) is 11.5 Å². The lowest BCUT2D eigenvalue weighted by molar-refractivity contribution is 0.340. The van der Waals surface area contributed by atoms with E-state index in [1.54, 1.807) is 0 Å². The smallest absolute Gasteiger partial charge is 0.187 e. The van der Waals surface area contributed by atoms with Gasteiger partial charge in [0.15, 0.2) is 17.4 Å². The van der Waals surface area contributed by atoms with Crippen LogP contribution in [0.3, 0.4) is 0 Å². The summed E-state index contributed by atoms with van der Waals surface area (Å²) in [6.07, 6.45) is 0. The Kier molecular flexibility index (Phi) is 4.40. The summed E-state index contributed by atoms with van der Waals surface area (Å²) in [5, 5.41) is 12.0. The Labute approximate surface area is 115 Å². The second-order valence-corrected chi connectivity index (χ2v) is 4.22. The average Bonchev–Trinajstić information content (AvgIpc) is 2.44. The minimum absolute atomic E-state index is 0.252. The van der Waals surface area contributed by atoms with E-state index in [-0.39, 0.29) is 6.54 Å². The lowest BCUT2D eigenvalue weighted by atomic mass is 10.2. The highest BCUT2D eigenvalue weighted by Crippen LogP contribution is 2.22. The van der Waals surface area contributed by atoms with E-state index in [0.29, 0.717) is 12.2 Å². The number of aromatic hydroxyl groups is 1. The van der Waals surface area contributed by atoms with E-state index in [4.69, 9.17) is 9.84 Å². The monoisotopic (exact) mass is 279 g/mol. The predicted molar refractivity (Wildman–Crippen MR) is 73.0 cm³/mol. The molecule has 0 saturated heterocycles. The van der Waals surface area contributed by atoms with Gasteiger partial charge in [-0.1, -0.05) is 0 Å². The summed E-state index contributed by atoms with van der Waals surface area (Å²) in [6, 6.07) is 9.45. The van der Waals surface area contributed by atoms with Gasteiger partial charge in [-0.2, -0.15) is 0 Å². The van der Waals surface area contributed by atoms with Gasteiger partial charge < -0.3 is 15.2 Å². The number of anilines is 1. The van der Waals surface area contributed by atoms with Crippen molar-refractivity contribution in [1.29, 1.82) is 0 Å². The van der Waals surface area contributed by atoms with E-state index in [9.17, 15) is 8.78 Å². The van der Waals surface area contributed by atoms with Gasteiger partial charge in [0.1, 0.15) is 5.75 Å². The van der Waals surface area contributed by atoms with Crippen LogP contribution in [0.5, 0.6) is 11.5 Å². The number of phenolic OH excluding ortho intramolecular Hbond substituents is 1. The zero-order chi connectivity index (χ0) is 14.5. The van der Waals surface area contributed by atoms with Gasteiger partial charge in [0.25, 0.3) is 0 Å². The molecule has 0 spiro atoms. The first-order valence-electron chi connectivity index (χ1n) is 6.23. The van der Waals surface area contributed by atoms with Crippen LogP contribution < -0.4 is 10.1 Å². The Morgan fingerprint density at radius 3 is 2.25 bits per heavy atom. The fraction of sp³-hybridized carbons (Fsp3) is 0.200. The van der Waals surface area contributed by atoms with Crippen LogP contribution in [-0.2, 0) is 6.54 Å². The molecule has 0 atom stereocenters. The Hall–Kier alpha value is -2.30. The highest BCUT2D eigenvalue weighted by Gasteiger charge is 2.09. The van der Waals surface area contributed by atoms with Crippen LogP contribution in [0.1, 0.15) is 12.5 Å². The maximum absolute atomic E-state index is 13.2. The maximum Gasteiger partial charge on any atom is 0.187 e. The lowest BCUT2D eigenvalue weighted by Gasteiger charge is -2.09. The second-order valence-electron chi connectivity index (χ2n) is 4.22. The zero-order valence-corrected chi connectivity index (χ0v) is 11.0. The van der Waals surface area contributed by atoms with Crippen LogP contribution in [0.15, 0.2) is 36.4 Å². The number of halogens is 2. The molecule has 0 fully saturated rings. The summed E-state index contributed by atoms with van der Waals surface area (Å²) in [4.78, 5) is 0. The Morgan fingerprint density at radius 1 is 1.10 bits per heavy atom. The van der Waals surface area contributed by atoms with Crippen LogP contribution in [0.2, 0.25) is 0 Å². The molecule has 5 heteroatoms. The average molecular weight is 279 g/mol. The summed E-state index contributed by atoms with van der Waals surface area (Å²) >= 11 is 0. The molecule has 0 radical (unpaired) electrons.